The zero-order valence-electron chi connectivity index (χ0n) is 10.3. The van der Waals surface area contributed by atoms with E-state index in [2.05, 4.69) is 0 Å². The number of alkyl halides is 1. The SMILES string of the molecule is COCC(Cl)CN(C)C(=O)c1cc(O)ccc1O. The topological polar surface area (TPSA) is 70.0 Å². The van der Waals surface area contributed by atoms with E-state index in [1.807, 2.05) is 0 Å². The Hall–Kier alpha value is -1.46. The number of methoxy groups -OCH3 is 1. The Morgan fingerprint density at radius 2 is 2.17 bits per heavy atom. The van der Waals surface area contributed by atoms with Gasteiger partial charge in [-0.3, -0.25) is 4.79 Å². The molecule has 6 heteroatoms. The molecule has 5 nitrogen and oxygen atoms in total. The highest BCUT2D eigenvalue weighted by Crippen LogP contribution is 2.23. The third kappa shape index (κ3) is 3.78. The van der Waals surface area contributed by atoms with Crippen LogP contribution in [0.2, 0.25) is 0 Å². The van der Waals surface area contributed by atoms with Crippen LogP contribution in [0.5, 0.6) is 11.5 Å². The van der Waals surface area contributed by atoms with E-state index in [9.17, 15) is 15.0 Å². The molecule has 0 saturated heterocycles. The van der Waals surface area contributed by atoms with Crippen molar-refractivity contribution in [2.24, 2.45) is 0 Å². The second-order valence-corrected chi connectivity index (χ2v) is 4.56. The molecule has 0 fully saturated rings. The Bertz CT molecular complexity index is 425. The van der Waals surface area contributed by atoms with Crippen molar-refractivity contribution in [1.82, 2.24) is 4.90 Å². The lowest BCUT2D eigenvalue weighted by atomic mass is 10.1. The molecule has 1 amide bonds. The van der Waals surface area contributed by atoms with Crippen molar-refractivity contribution in [2.75, 3.05) is 27.3 Å². The van der Waals surface area contributed by atoms with Gasteiger partial charge in [-0.2, -0.15) is 0 Å². The van der Waals surface area contributed by atoms with Crippen molar-refractivity contribution in [3.63, 3.8) is 0 Å². The largest absolute Gasteiger partial charge is 0.508 e. The number of aromatic hydroxyl groups is 2. The molecular formula is C12H16ClNO4. The smallest absolute Gasteiger partial charge is 0.257 e. The van der Waals surface area contributed by atoms with Gasteiger partial charge in [-0.25, -0.2) is 0 Å². The maximum Gasteiger partial charge on any atom is 0.257 e. The predicted molar refractivity (Wildman–Crippen MR) is 68.2 cm³/mol. The summed E-state index contributed by atoms with van der Waals surface area (Å²) in [6, 6.07) is 3.79. The van der Waals surface area contributed by atoms with Crippen LogP contribution in [0.25, 0.3) is 0 Å². The van der Waals surface area contributed by atoms with Gasteiger partial charge in [0.1, 0.15) is 11.5 Å². The van der Waals surface area contributed by atoms with Gasteiger partial charge in [-0.1, -0.05) is 0 Å². The minimum absolute atomic E-state index is 0.0405. The summed E-state index contributed by atoms with van der Waals surface area (Å²) in [5, 5.41) is 18.6. The molecule has 0 saturated carbocycles. The fourth-order valence-corrected chi connectivity index (χ4v) is 1.85. The lowest BCUT2D eigenvalue weighted by Crippen LogP contribution is -2.33. The first-order valence-electron chi connectivity index (χ1n) is 5.36. The van der Waals surface area contributed by atoms with Crippen molar-refractivity contribution >= 4 is 17.5 Å². The summed E-state index contributed by atoms with van der Waals surface area (Å²) >= 11 is 5.95. The first-order chi connectivity index (χ1) is 8.45. The van der Waals surface area contributed by atoms with Crippen LogP contribution in [0.15, 0.2) is 18.2 Å². The van der Waals surface area contributed by atoms with Crippen LogP contribution in [-0.4, -0.2) is 53.7 Å². The predicted octanol–water partition coefficient (Wildman–Crippen LogP) is 1.42. The zero-order valence-corrected chi connectivity index (χ0v) is 11.0. The standard InChI is InChI=1S/C12H16ClNO4/c1-14(6-8(13)7-18-2)12(17)10-5-9(15)3-4-11(10)16/h3-5,8,15-16H,6-7H2,1-2H3. The molecule has 1 aromatic rings. The number of nitrogens with zero attached hydrogens (tertiary/aromatic N) is 1. The molecule has 0 heterocycles. The van der Waals surface area contributed by atoms with Crippen LogP contribution in [-0.2, 0) is 4.74 Å². The highest BCUT2D eigenvalue weighted by atomic mass is 35.5. The maximum absolute atomic E-state index is 12.0. The van der Waals surface area contributed by atoms with Crippen molar-refractivity contribution < 1.29 is 19.7 Å². The van der Waals surface area contributed by atoms with Gasteiger partial charge in [-0.05, 0) is 18.2 Å². The Labute approximate surface area is 111 Å². The molecule has 0 aromatic heterocycles. The summed E-state index contributed by atoms with van der Waals surface area (Å²) in [5.74, 6) is -0.670. The van der Waals surface area contributed by atoms with E-state index >= 15 is 0 Å². The number of phenols is 2. The van der Waals surface area contributed by atoms with E-state index in [-0.39, 0.29) is 29.0 Å². The van der Waals surface area contributed by atoms with Crippen molar-refractivity contribution in [3.05, 3.63) is 23.8 Å². The van der Waals surface area contributed by atoms with E-state index in [1.54, 1.807) is 7.05 Å². The lowest BCUT2D eigenvalue weighted by Gasteiger charge is -2.20. The third-order valence-electron chi connectivity index (χ3n) is 2.38. The number of hydrogen-bond acceptors (Lipinski definition) is 4. The Morgan fingerprint density at radius 3 is 2.78 bits per heavy atom. The van der Waals surface area contributed by atoms with Gasteiger partial charge in [0.05, 0.1) is 17.5 Å². The molecule has 0 aliphatic heterocycles. The molecule has 1 unspecified atom stereocenters. The molecule has 2 N–H and O–H groups in total. The van der Waals surface area contributed by atoms with E-state index in [0.717, 1.165) is 0 Å². The van der Waals surface area contributed by atoms with Crippen LogP contribution in [0.4, 0.5) is 0 Å². The second-order valence-electron chi connectivity index (χ2n) is 3.94. The Balaban J connectivity index is 2.77. The van der Waals surface area contributed by atoms with Gasteiger partial charge in [-0.15, -0.1) is 11.6 Å². The first-order valence-corrected chi connectivity index (χ1v) is 5.79. The molecule has 1 atom stereocenters. The van der Waals surface area contributed by atoms with Crippen LogP contribution < -0.4 is 0 Å². The average Bonchev–Trinajstić information content (AvgIpc) is 2.31. The number of halogens is 1. The van der Waals surface area contributed by atoms with Crippen LogP contribution in [0.1, 0.15) is 10.4 Å². The summed E-state index contributed by atoms with van der Waals surface area (Å²) < 4.78 is 4.87. The van der Waals surface area contributed by atoms with Crippen molar-refractivity contribution in [3.8, 4) is 11.5 Å². The van der Waals surface area contributed by atoms with Gasteiger partial charge < -0.3 is 19.8 Å². The van der Waals surface area contributed by atoms with Crippen LogP contribution in [0.3, 0.4) is 0 Å². The summed E-state index contributed by atoms with van der Waals surface area (Å²) in [5.41, 5.74) is 0.0405. The number of amides is 1. The average molecular weight is 274 g/mol. The number of benzene rings is 1. The van der Waals surface area contributed by atoms with Gasteiger partial charge in [0.15, 0.2) is 0 Å². The first kappa shape index (κ1) is 14.6. The maximum atomic E-state index is 12.0. The van der Waals surface area contributed by atoms with Gasteiger partial charge in [0.25, 0.3) is 5.91 Å². The van der Waals surface area contributed by atoms with E-state index < -0.39 is 5.91 Å². The number of carbonyl (C=O) groups excluding carboxylic acids is 1. The molecule has 1 rings (SSSR count). The van der Waals surface area contributed by atoms with E-state index in [4.69, 9.17) is 16.3 Å². The molecule has 0 aliphatic rings. The molecule has 100 valence electrons. The fourth-order valence-electron chi connectivity index (χ4n) is 1.51. The minimum Gasteiger partial charge on any atom is -0.508 e. The number of hydrogen-bond donors (Lipinski definition) is 2. The molecule has 0 radical (unpaired) electrons. The zero-order chi connectivity index (χ0) is 13.7. The summed E-state index contributed by atoms with van der Waals surface area (Å²) in [7, 11) is 3.09. The summed E-state index contributed by atoms with van der Waals surface area (Å²) in [4.78, 5) is 13.4. The van der Waals surface area contributed by atoms with Gasteiger partial charge in [0.2, 0.25) is 0 Å². The molecular weight excluding hydrogens is 258 g/mol. The lowest BCUT2D eigenvalue weighted by molar-refractivity contribution is 0.0778. The third-order valence-corrected chi connectivity index (χ3v) is 2.64. The van der Waals surface area contributed by atoms with Crippen molar-refractivity contribution in [1.29, 1.82) is 0 Å². The summed E-state index contributed by atoms with van der Waals surface area (Å²) in [6.07, 6.45) is 0. The van der Waals surface area contributed by atoms with Gasteiger partial charge >= 0.3 is 0 Å². The van der Waals surface area contributed by atoms with Crippen LogP contribution in [0, 0.1) is 0 Å². The highest BCUT2D eigenvalue weighted by molar-refractivity contribution is 6.21. The normalized spacial score (nSPS) is 12.2. The van der Waals surface area contributed by atoms with E-state index in [0.29, 0.717) is 6.61 Å². The molecule has 0 bridgehead atoms. The number of carbonyl (C=O) groups is 1. The monoisotopic (exact) mass is 273 g/mol. The quantitative estimate of drug-likeness (QED) is 0.629. The molecule has 18 heavy (non-hydrogen) atoms. The molecule has 1 aromatic carbocycles. The van der Waals surface area contributed by atoms with Gasteiger partial charge in [0, 0.05) is 20.7 Å². The Morgan fingerprint density at radius 1 is 1.50 bits per heavy atom. The number of rotatable bonds is 5. The Kier molecular flexibility index (Phi) is 5.25. The molecule has 0 aliphatic carbocycles. The second kappa shape index (κ2) is 6.47. The van der Waals surface area contributed by atoms with E-state index in [1.165, 1.54) is 30.2 Å². The van der Waals surface area contributed by atoms with Crippen molar-refractivity contribution in [2.45, 2.75) is 5.38 Å². The fraction of sp³-hybridized carbons (Fsp3) is 0.417. The minimum atomic E-state index is -0.412. The number of phenolic OH excluding ortho intramolecular Hbond substituents is 2. The molecule has 0 spiro atoms. The summed E-state index contributed by atoms with van der Waals surface area (Å²) in [6.45, 7) is 0.606. The highest BCUT2D eigenvalue weighted by Gasteiger charge is 2.18. The number of ether oxygens (including phenoxy) is 1. The van der Waals surface area contributed by atoms with Crippen LogP contribution >= 0.6 is 11.6 Å².